The number of amides is 1. The van der Waals surface area contributed by atoms with Crippen LogP contribution in [0.5, 0.6) is 11.5 Å². The maximum absolute atomic E-state index is 12.4. The summed E-state index contributed by atoms with van der Waals surface area (Å²) in [5.41, 5.74) is 4.92. The smallest absolute Gasteiger partial charge is 0.303 e. The molecule has 0 fully saturated rings. The molecule has 3 aliphatic rings. The highest BCUT2D eigenvalue weighted by Gasteiger charge is 2.46. The van der Waals surface area contributed by atoms with E-state index in [4.69, 9.17) is 14.2 Å². The van der Waals surface area contributed by atoms with Gasteiger partial charge in [-0.1, -0.05) is 24.3 Å². The number of hydrogen-bond donors (Lipinski definition) is 0. The van der Waals surface area contributed by atoms with Gasteiger partial charge in [0.1, 0.15) is 0 Å². The fraction of sp³-hybridized carbons (Fsp3) is 0.333. The SMILES string of the molecule is CC(=O)O[C@@H]1c2ccccc2-c2c3c(cc4c2[C@@H]1N(C(C)=O)CC4)OCO3. The largest absolute Gasteiger partial charge is 0.455 e. The Balaban J connectivity index is 1.84. The third kappa shape index (κ3) is 2.25. The van der Waals surface area contributed by atoms with Crippen LogP contribution in [0.1, 0.15) is 42.7 Å². The highest BCUT2D eigenvalue weighted by atomic mass is 16.7. The van der Waals surface area contributed by atoms with E-state index in [-0.39, 0.29) is 24.7 Å². The first-order chi connectivity index (χ1) is 13.1. The molecule has 2 aliphatic heterocycles. The minimum atomic E-state index is -0.547. The molecule has 6 heteroatoms. The molecular weight excluding hydrogens is 346 g/mol. The zero-order chi connectivity index (χ0) is 18.7. The van der Waals surface area contributed by atoms with E-state index in [9.17, 15) is 9.59 Å². The lowest BCUT2D eigenvalue weighted by molar-refractivity contribution is -0.155. The molecule has 0 unspecified atom stereocenters. The summed E-state index contributed by atoms with van der Waals surface area (Å²) in [5.74, 6) is 1.04. The van der Waals surface area contributed by atoms with Gasteiger partial charge in [-0.15, -0.1) is 0 Å². The molecule has 0 bridgehead atoms. The van der Waals surface area contributed by atoms with Gasteiger partial charge in [0.05, 0.1) is 6.04 Å². The summed E-state index contributed by atoms with van der Waals surface area (Å²) in [5, 5.41) is 0. The van der Waals surface area contributed by atoms with Gasteiger partial charge in [-0.3, -0.25) is 9.59 Å². The van der Waals surface area contributed by atoms with Crippen molar-refractivity contribution in [2.45, 2.75) is 32.4 Å². The Morgan fingerprint density at radius 2 is 2.00 bits per heavy atom. The Labute approximate surface area is 156 Å². The minimum Gasteiger partial charge on any atom is -0.455 e. The Hall–Kier alpha value is -3.02. The number of nitrogens with zero attached hydrogens (tertiary/aromatic N) is 1. The number of carbonyl (C=O) groups is 2. The molecule has 0 spiro atoms. The summed E-state index contributed by atoms with van der Waals surface area (Å²) in [6, 6.07) is 9.47. The predicted octanol–water partition coefficient (Wildman–Crippen LogP) is 3.15. The second kappa shape index (κ2) is 5.74. The van der Waals surface area contributed by atoms with Gasteiger partial charge >= 0.3 is 5.97 Å². The lowest BCUT2D eigenvalue weighted by Crippen LogP contribution is -2.44. The lowest BCUT2D eigenvalue weighted by Gasteiger charge is -2.45. The standard InChI is InChI=1S/C21H19NO5/c1-11(23)22-8-7-13-9-16-21(26-10-25-16)18-14-5-3-4-6-15(14)20(27-12(2)24)19(22)17(13)18/h3-6,9,19-20H,7-8,10H2,1-2H3/t19-,20+/m0/s1. The van der Waals surface area contributed by atoms with E-state index < -0.39 is 6.10 Å². The van der Waals surface area contributed by atoms with E-state index in [1.807, 2.05) is 30.3 Å². The number of fused-ring (bicyclic) bond motifs is 4. The Morgan fingerprint density at radius 3 is 2.78 bits per heavy atom. The monoisotopic (exact) mass is 365 g/mol. The highest BCUT2D eigenvalue weighted by molar-refractivity contribution is 5.86. The quantitative estimate of drug-likeness (QED) is 0.727. The normalized spacial score (nSPS) is 21.3. The van der Waals surface area contributed by atoms with Crippen LogP contribution in [0.15, 0.2) is 30.3 Å². The van der Waals surface area contributed by atoms with Crippen LogP contribution < -0.4 is 9.47 Å². The molecule has 27 heavy (non-hydrogen) atoms. The first kappa shape index (κ1) is 16.2. The summed E-state index contributed by atoms with van der Waals surface area (Å²) in [6.07, 6.45) is 0.179. The number of benzene rings is 2. The molecule has 2 heterocycles. The molecule has 5 rings (SSSR count). The molecule has 138 valence electrons. The molecule has 2 aromatic rings. The molecular formula is C21H19NO5. The van der Waals surface area contributed by atoms with Crippen LogP contribution in [0, 0.1) is 0 Å². The average molecular weight is 365 g/mol. The molecule has 1 amide bonds. The van der Waals surface area contributed by atoms with E-state index >= 15 is 0 Å². The molecule has 2 aromatic carbocycles. The van der Waals surface area contributed by atoms with Crippen LogP contribution in [-0.2, 0) is 20.7 Å². The van der Waals surface area contributed by atoms with E-state index in [2.05, 4.69) is 0 Å². The first-order valence-electron chi connectivity index (χ1n) is 9.05. The summed E-state index contributed by atoms with van der Waals surface area (Å²) in [4.78, 5) is 26.1. The number of hydrogen-bond acceptors (Lipinski definition) is 5. The number of esters is 1. The third-order valence-corrected chi connectivity index (χ3v) is 5.56. The van der Waals surface area contributed by atoms with Gasteiger partial charge in [-0.05, 0) is 29.2 Å². The molecule has 6 nitrogen and oxygen atoms in total. The molecule has 0 saturated heterocycles. The third-order valence-electron chi connectivity index (χ3n) is 5.56. The molecule has 2 atom stereocenters. The molecule has 0 N–H and O–H groups in total. The van der Waals surface area contributed by atoms with Crippen LogP contribution in [0.3, 0.4) is 0 Å². The van der Waals surface area contributed by atoms with E-state index in [1.165, 1.54) is 6.92 Å². The van der Waals surface area contributed by atoms with Gasteiger partial charge < -0.3 is 19.1 Å². The van der Waals surface area contributed by atoms with Gasteiger partial charge in [0.15, 0.2) is 17.6 Å². The lowest BCUT2D eigenvalue weighted by atomic mass is 9.75. The van der Waals surface area contributed by atoms with Crippen molar-refractivity contribution in [2.24, 2.45) is 0 Å². The fourth-order valence-electron chi connectivity index (χ4n) is 4.58. The van der Waals surface area contributed by atoms with Crippen molar-refractivity contribution in [3.63, 3.8) is 0 Å². The van der Waals surface area contributed by atoms with Gasteiger partial charge in [0, 0.05) is 31.5 Å². The number of rotatable bonds is 1. The van der Waals surface area contributed by atoms with Gasteiger partial charge in [-0.25, -0.2) is 0 Å². The van der Waals surface area contributed by atoms with Gasteiger partial charge in [-0.2, -0.15) is 0 Å². The van der Waals surface area contributed by atoms with E-state index in [1.54, 1.807) is 11.8 Å². The Morgan fingerprint density at radius 1 is 1.19 bits per heavy atom. The average Bonchev–Trinajstić information content (AvgIpc) is 3.11. The van der Waals surface area contributed by atoms with Crippen molar-refractivity contribution >= 4 is 11.9 Å². The maximum Gasteiger partial charge on any atom is 0.303 e. The predicted molar refractivity (Wildman–Crippen MR) is 96.3 cm³/mol. The van der Waals surface area contributed by atoms with Crippen molar-refractivity contribution in [3.8, 4) is 22.6 Å². The first-order valence-corrected chi connectivity index (χ1v) is 9.05. The minimum absolute atomic E-state index is 0.0363. The van der Waals surface area contributed by atoms with Crippen molar-refractivity contribution in [1.29, 1.82) is 0 Å². The zero-order valence-corrected chi connectivity index (χ0v) is 15.2. The summed E-state index contributed by atoms with van der Waals surface area (Å²) in [6.45, 7) is 3.72. The highest BCUT2D eigenvalue weighted by Crippen LogP contribution is 2.57. The van der Waals surface area contributed by atoms with Gasteiger partial charge in [0.25, 0.3) is 0 Å². The second-order valence-electron chi connectivity index (χ2n) is 7.08. The van der Waals surface area contributed by atoms with Crippen LogP contribution in [0.4, 0.5) is 0 Å². The molecule has 0 aromatic heterocycles. The van der Waals surface area contributed by atoms with Crippen LogP contribution in [-0.4, -0.2) is 30.1 Å². The van der Waals surface area contributed by atoms with Crippen molar-refractivity contribution in [1.82, 2.24) is 4.90 Å². The number of carbonyl (C=O) groups excluding carboxylic acids is 2. The molecule has 0 radical (unpaired) electrons. The van der Waals surface area contributed by atoms with Crippen molar-refractivity contribution < 1.29 is 23.8 Å². The van der Waals surface area contributed by atoms with Crippen molar-refractivity contribution in [3.05, 3.63) is 47.0 Å². The summed E-state index contributed by atoms with van der Waals surface area (Å²) < 4.78 is 17.2. The number of ether oxygens (including phenoxy) is 3. The van der Waals surface area contributed by atoms with Crippen LogP contribution in [0.2, 0.25) is 0 Å². The topological polar surface area (TPSA) is 65.1 Å². The van der Waals surface area contributed by atoms with Crippen LogP contribution in [0.25, 0.3) is 11.1 Å². The summed E-state index contributed by atoms with van der Waals surface area (Å²) in [7, 11) is 0. The second-order valence-corrected chi connectivity index (χ2v) is 7.08. The molecule has 1 aliphatic carbocycles. The van der Waals surface area contributed by atoms with E-state index in [0.29, 0.717) is 12.3 Å². The van der Waals surface area contributed by atoms with Gasteiger partial charge in [0.2, 0.25) is 12.7 Å². The fourth-order valence-corrected chi connectivity index (χ4v) is 4.58. The van der Waals surface area contributed by atoms with E-state index in [0.717, 1.165) is 40.0 Å². The van der Waals surface area contributed by atoms with Crippen molar-refractivity contribution in [2.75, 3.05) is 13.3 Å². The Kier molecular flexibility index (Phi) is 3.44. The maximum atomic E-state index is 12.4. The molecule has 0 saturated carbocycles. The Bertz CT molecular complexity index is 983. The van der Waals surface area contributed by atoms with Crippen LogP contribution >= 0.6 is 0 Å². The zero-order valence-electron chi connectivity index (χ0n) is 15.2. The summed E-state index contributed by atoms with van der Waals surface area (Å²) >= 11 is 0.